The number of rotatable bonds is 6. The van der Waals surface area contributed by atoms with Gasteiger partial charge in [-0.15, -0.1) is 65.0 Å². The number of fused-ring (bicyclic) bond motifs is 9. The normalized spacial score (nSPS) is 11.4. The Morgan fingerprint density at radius 2 is 1.10 bits per heavy atom. The van der Waals surface area contributed by atoms with Crippen molar-refractivity contribution >= 4 is 54.1 Å². The van der Waals surface area contributed by atoms with E-state index in [-0.39, 0.29) is 31.9 Å². The van der Waals surface area contributed by atoms with Crippen molar-refractivity contribution in [2.24, 2.45) is 0 Å². The minimum absolute atomic E-state index is 0. The molecule has 2 aromatic heterocycles. The first-order valence-corrected chi connectivity index (χ1v) is 21.2. The average molecular weight is 976 g/mol. The number of benzene rings is 9. The summed E-state index contributed by atoms with van der Waals surface area (Å²) in [4.78, 5) is 9.84. The predicted molar refractivity (Wildman–Crippen MR) is 257 cm³/mol. The van der Waals surface area contributed by atoms with Crippen LogP contribution in [-0.4, -0.2) is 14.5 Å². The maximum atomic E-state index is 5.62. The van der Waals surface area contributed by atoms with Gasteiger partial charge in [0.25, 0.3) is 0 Å². The monoisotopic (exact) mass is 976 g/mol. The summed E-state index contributed by atoms with van der Waals surface area (Å²) in [6.45, 7) is 9.27. The smallest absolute Gasteiger partial charge is 0.0859 e. The first kappa shape index (κ1) is 40.7. The molecular formula is C58H45IrN3-2. The Hall–Kier alpha value is -6.71. The number of hydrogen-bond acceptors (Lipinski definition) is 2. The van der Waals surface area contributed by atoms with Gasteiger partial charge in [-0.1, -0.05) is 166 Å². The van der Waals surface area contributed by atoms with E-state index in [9.17, 15) is 0 Å². The summed E-state index contributed by atoms with van der Waals surface area (Å²) in [6, 6.07) is 71.2. The molecule has 0 N–H and O–H groups in total. The third-order valence-corrected chi connectivity index (χ3v) is 11.8. The van der Waals surface area contributed by atoms with Crippen LogP contribution >= 0.6 is 0 Å². The molecule has 11 aromatic rings. The number of imidazole rings is 1. The van der Waals surface area contributed by atoms with Gasteiger partial charge in [-0.25, -0.2) is 0 Å². The zero-order chi connectivity index (χ0) is 41.5. The standard InChI is InChI=1S/C47H37N2.C11H8N.Ir/c1-29(2)42-27-35(31-14-6-5-7-15-31)28-43(30(3)4)45(42)49-46-41-21-13-11-19-39(41)38-18-10-12-20-40(38)44(46)48-47(49)34-24-25-37-33(26-34)23-22-32-16-8-9-17-36(32)37;1-2-6-10(7-3-1)11-8-4-5-9-12-11;/h5-23,25-30H,1-4H3;1-6,8-9H;/q2*-1;. The zero-order valence-corrected chi connectivity index (χ0v) is 37.6. The summed E-state index contributed by atoms with van der Waals surface area (Å²) < 4.78 is 2.49. The first-order valence-electron chi connectivity index (χ1n) is 21.2. The molecule has 0 aliphatic heterocycles. The van der Waals surface area contributed by atoms with Crippen LogP contribution in [0.4, 0.5) is 0 Å². The van der Waals surface area contributed by atoms with E-state index in [4.69, 9.17) is 4.98 Å². The molecular weight excluding hydrogens is 931 g/mol. The molecule has 11 rings (SSSR count). The molecule has 0 saturated heterocycles. The van der Waals surface area contributed by atoms with E-state index in [0.29, 0.717) is 0 Å². The maximum absolute atomic E-state index is 5.62. The molecule has 0 spiro atoms. The fraction of sp³-hybridized carbons (Fsp3) is 0.103. The molecule has 0 saturated carbocycles. The molecule has 303 valence electrons. The second-order valence-electron chi connectivity index (χ2n) is 16.4. The Labute approximate surface area is 377 Å². The van der Waals surface area contributed by atoms with Crippen LogP contribution < -0.4 is 0 Å². The fourth-order valence-electron chi connectivity index (χ4n) is 8.87. The summed E-state index contributed by atoms with van der Waals surface area (Å²) in [7, 11) is 0. The largest absolute Gasteiger partial charge is 0.332 e. The molecule has 0 aliphatic carbocycles. The summed E-state index contributed by atoms with van der Waals surface area (Å²) in [5.41, 5.74) is 11.5. The van der Waals surface area contributed by atoms with Gasteiger partial charge in [-0.05, 0) is 74.1 Å². The van der Waals surface area contributed by atoms with Crippen LogP contribution in [0.15, 0.2) is 188 Å². The Kier molecular flexibility index (Phi) is 11.4. The van der Waals surface area contributed by atoms with Crippen LogP contribution in [0.3, 0.4) is 0 Å². The van der Waals surface area contributed by atoms with Crippen LogP contribution in [0.2, 0.25) is 0 Å². The quantitative estimate of drug-likeness (QED) is 0.123. The molecule has 62 heavy (non-hydrogen) atoms. The number of pyridine rings is 1. The van der Waals surface area contributed by atoms with Gasteiger partial charge in [0.1, 0.15) is 0 Å². The summed E-state index contributed by atoms with van der Waals surface area (Å²) >= 11 is 0. The van der Waals surface area contributed by atoms with Crippen molar-refractivity contribution in [1.29, 1.82) is 0 Å². The van der Waals surface area contributed by atoms with Crippen LogP contribution in [0.5, 0.6) is 0 Å². The van der Waals surface area contributed by atoms with E-state index >= 15 is 0 Å². The molecule has 0 amide bonds. The van der Waals surface area contributed by atoms with Crippen molar-refractivity contribution in [2.45, 2.75) is 39.5 Å². The van der Waals surface area contributed by atoms with E-state index in [1.807, 2.05) is 42.5 Å². The Balaban J connectivity index is 0.000000325. The van der Waals surface area contributed by atoms with Gasteiger partial charge in [0.05, 0.1) is 16.9 Å². The van der Waals surface area contributed by atoms with Gasteiger partial charge in [0.2, 0.25) is 0 Å². The number of hydrogen-bond donors (Lipinski definition) is 0. The molecule has 0 aliphatic rings. The van der Waals surface area contributed by atoms with E-state index in [1.165, 1.54) is 71.0 Å². The predicted octanol–water partition coefficient (Wildman–Crippen LogP) is 15.6. The van der Waals surface area contributed by atoms with E-state index in [1.54, 1.807) is 6.20 Å². The van der Waals surface area contributed by atoms with Gasteiger partial charge < -0.3 is 9.55 Å². The minimum atomic E-state index is 0. The van der Waals surface area contributed by atoms with Crippen molar-refractivity contribution in [3.63, 3.8) is 0 Å². The second kappa shape index (κ2) is 17.3. The fourth-order valence-corrected chi connectivity index (χ4v) is 8.87. The van der Waals surface area contributed by atoms with Crippen molar-refractivity contribution < 1.29 is 20.1 Å². The molecule has 3 nitrogen and oxygen atoms in total. The topological polar surface area (TPSA) is 30.7 Å². The average Bonchev–Trinajstić information content (AvgIpc) is 3.73. The molecule has 9 aromatic carbocycles. The van der Waals surface area contributed by atoms with Gasteiger partial charge >= 0.3 is 0 Å². The number of aromatic nitrogens is 3. The zero-order valence-electron chi connectivity index (χ0n) is 35.2. The van der Waals surface area contributed by atoms with Crippen LogP contribution in [0.25, 0.3) is 93.6 Å². The van der Waals surface area contributed by atoms with Gasteiger partial charge in [0, 0.05) is 42.8 Å². The Morgan fingerprint density at radius 3 is 1.77 bits per heavy atom. The van der Waals surface area contributed by atoms with Crippen LogP contribution in [-0.2, 0) is 20.1 Å². The van der Waals surface area contributed by atoms with E-state index < -0.39 is 0 Å². The van der Waals surface area contributed by atoms with Crippen LogP contribution in [0.1, 0.15) is 50.7 Å². The third-order valence-electron chi connectivity index (χ3n) is 11.8. The molecule has 2 heterocycles. The third kappa shape index (κ3) is 7.40. The van der Waals surface area contributed by atoms with Crippen LogP contribution in [0, 0.1) is 12.1 Å². The Bertz CT molecular complexity index is 3290. The second-order valence-corrected chi connectivity index (χ2v) is 16.4. The molecule has 0 unspecified atom stereocenters. The molecule has 1 radical (unpaired) electrons. The first-order chi connectivity index (χ1) is 29.9. The summed E-state index contributed by atoms with van der Waals surface area (Å²) in [6.07, 6.45) is 1.79. The Morgan fingerprint density at radius 1 is 0.484 bits per heavy atom. The minimum Gasteiger partial charge on any atom is -0.332 e. The van der Waals surface area contributed by atoms with Gasteiger partial charge in [-0.3, -0.25) is 4.98 Å². The maximum Gasteiger partial charge on any atom is 0.0859 e. The SMILES string of the molecule is CC(C)c1cc(-c2ccccc2)cc(C(C)C)c1-n1c(-c2[c-]cc3c(ccc4ccccc43)c2)nc2c3ccccc3c3ccccc3c21.[Ir].[c-]1ccccc1-c1ccccn1. The summed E-state index contributed by atoms with van der Waals surface area (Å²) in [5.74, 6) is 1.48. The number of nitrogens with zero attached hydrogens (tertiary/aromatic N) is 3. The van der Waals surface area contributed by atoms with Gasteiger partial charge in [-0.2, -0.15) is 0 Å². The molecule has 4 heteroatoms. The van der Waals surface area contributed by atoms with Crippen molar-refractivity contribution in [3.8, 4) is 39.5 Å². The molecule has 0 fully saturated rings. The summed E-state index contributed by atoms with van der Waals surface area (Å²) in [5, 5.41) is 9.72. The molecule has 0 atom stereocenters. The van der Waals surface area contributed by atoms with Crippen molar-refractivity contribution in [2.75, 3.05) is 0 Å². The van der Waals surface area contributed by atoms with E-state index in [0.717, 1.165) is 33.7 Å². The van der Waals surface area contributed by atoms with Gasteiger partial charge in [0.15, 0.2) is 0 Å². The van der Waals surface area contributed by atoms with E-state index in [2.05, 4.69) is 189 Å². The van der Waals surface area contributed by atoms with Crippen molar-refractivity contribution in [3.05, 3.63) is 211 Å². The van der Waals surface area contributed by atoms with Crippen molar-refractivity contribution in [1.82, 2.24) is 14.5 Å². The molecule has 0 bridgehead atoms.